The van der Waals surface area contributed by atoms with Crippen LogP contribution in [0.5, 0.6) is 5.75 Å². The molecule has 2 heterocycles. The molecule has 10 nitrogen and oxygen atoms in total. The molecule has 1 aliphatic heterocycles. The minimum Gasteiger partial charge on any atom is -0.497 e. The second-order valence-corrected chi connectivity index (χ2v) is 7.93. The first-order valence-electron chi connectivity index (χ1n) is 11.0. The molecule has 178 valence electrons. The summed E-state index contributed by atoms with van der Waals surface area (Å²) < 4.78 is 12.0. The Labute approximate surface area is 196 Å². The summed E-state index contributed by atoms with van der Waals surface area (Å²) in [5, 5.41) is 14.2. The second-order valence-electron chi connectivity index (χ2n) is 7.93. The van der Waals surface area contributed by atoms with Crippen LogP contribution in [0.15, 0.2) is 58.3 Å². The molecule has 0 aliphatic carbocycles. The van der Waals surface area contributed by atoms with Crippen LogP contribution in [0, 0.1) is 10.1 Å². The Morgan fingerprint density at radius 3 is 2.44 bits per heavy atom. The van der Waals surface area contributed by atoms with Crippen molar-refractivity contribution in [1.82, 2.24) is 14.7 Å². The quantitative estimate of drug-likeness (QED) is 0.311. The number of rotatable bonds is 8. The van der Waals surface area contributed by atoms with E-state index in [1.165, 1.54) is 16.8 Å². The van der Waals surface area contributed by atoms with Crippen LogP contribution in [-0.2, 0) is 4.74 Å². The fraction of sp³-hybridized carbons (Fsp3) is 0.333. The molecule has 0 atom stereocenters. The van der Waals surface area contributed by atoms with Gasteiger partial charge in [0.2, 0.25) is 0 Å². The van der Waals surface area contributed by atoms with E-state index in [2.05, 4.69) is 10.00 Å². The molecular weight excluding hydrogens is 438 g/mol. The Balaban J connectivity index is 1.70. The smallest absolute Gasteiger partial charge is 0.280 e. The van der Waals surface area contributed by atoms with Crippen LogP contribution >= 0.6 is 0 Å². The lowest BCUT2D eigenvalue weighted by molar-refractivity contribution is -0.384. The number of H-pyrrole nitrogens is 1. The van der Waals surface area contributed by atoms with Crippen molar-refractivity contribution in [3.8, 4) is 22.7 Å². The largest absolute Gasteiger partial charge is 0.497 e. The highest BCUT2D eigenvalue weighted by Gasteiger charge is 2.20. The zero-order valence-corrected chi connectivity index (χ0v) is 19.2. The highest BCUT2D eigenvalue weighted by molar-refractivity contribution is 6.03. The number of benzene rings is 2. The molecule has 4 rings (SSSR count). The number of morpholine rings is 1. The minimum absolute atomic E-state index is 0.0418. The van der Waals surface area contributed by atoms with Crippen LogP contribution < -0.4 is 10.3 Å². The Hall–Kier alpha value is -3.76. The van der Waals surface area contributed by atoms with Gasteiger partial charge in [-0.15, -0.1) is 0 Å². The Kier molecular flexibility index (Phi) is 7.19. The van der Waals surface area contributed by atoms with E-state index in [1.54, 1.807) is 19.2 Å². The normalized spacial score (nSPS) is 14.8. The van der Waals surface area contributed by atoms with Crippen molar-refractivity contribution >= 4 is 11.4 Å². The van der Waals surface area contributed by atoms with Gasteiger partial charge in [-0.3, -0.25) is 29.9 Å². The summed E-state index contributed by atoms with van der Waals surface area (Å²) in [5.41, 5.74) is 2.70. The van der Waals surface area contributed by atoms with Gasteiger partial charge in [-0.1, -0.05) is 0 Å². The number of nitrogens with zero attached hydrogens (tertiary/aromatic N) is 4. The molecule has 10 heteroatoms. The van der Waals surface area contributed by atoms with Crippen LogP contribution in [0.25, 0.3) is 16.9 Å². The summed E-state index contributed by atoms with van der Waals surface area (Å²) in [6.45, 7) is 6.39. The van der Waals surface area contributed by atoms with Crippen molar-refractivity contribution in [3.63, 3.8) is 0 Å². The molecule has 3 aromatic rings. The number of nitro benzene ring substituents is 1. The maximum atomic E-state index is 13.5. The predicted molar refractivity (Wildman–Crippen MR) is 129 cm³/mol. The Morgan fingerprint density at radius 2 is 1.82 bits per heavy atom. The maximum Gasteiger partial charge on any atom is 0.280 e. The molecule has 0 bridgehead atoms. The number of hydrogen-bond acceptors (Lipinski definition) is 7. The Morgan fingerprint density at radius 1 is 1.15 bits per heavy atom. The average molecular weight is 466 g/mol. The number of aliphatic imine (C=N–C) groups is 1. The van der Waals surface area contributed by atoms with E-state index >= 15 is 0 Å². The topological polar surface area (TPSA) is 115 Å². The second kappa shape index (κ2) is 10.4. The van der Waals surface area contributed by atoms with Gasteiger partial charge in [-0.05, 0) is 43.3 Å². The van der Waals surface area contributed by atoms with E-state index in [-0.39, 0.29) is 11.2 Å². The van der Waals surface area contributed by atoms with Gasteiger partial charge in [0.25, 0.3) is 11.2 Å². The number of non-ortho nitro benzene ring substituents is 1. The number of aromatic amines is 1. The fourth-order valence-electron chi connectivity index (χ4n) is 3.91. The van der Waals surface area contributed by atoms with E-state index in [4.69, 9.17) is 14.5 Å². The van der Waals surface area contributed by atoms with Gasteiger partial charge in [0.05, 0.1) is 48.7 Å². The lowest BCUT2D eigenvalue weighted by Crippen LogP contribution is -2.37. The summed E-state index contributed by atoms with van der Waals surface area (Å²) in [6.07, 6.45) is 0. The van der Waals surface area contributed by atoms with Gasteiger partial charge in [-0.2, -0.15) is 0 Å². The standard InChI is InChI=1S/C24H27N5O5/c1-17(25-11-12-27-13-15-34-16-14-27)22-23(18-3-9-21(33-2)10-4-18)26-28(24(22)30)19-5-7-20(8-6-19)29(31)32/h3-10,26H,11-16H2,1-2H3. The SMILES string of the molecule is COc1ccc(-c2[nH]n(-c3ccc([N+](=O)[O-])cc3)c(=O)c2C(C)=NCCN2CCOCC2)cc1. The van der Waals surface area contributed by atoms with Crippen molar-refractivity contribution < 1.29 is 14.4 Å². The minimum atomic E-state index is -0.471. The highest BCUT2D eigenvalue weighted by Crippen LogP contribution is 2.24. The summed E-state index contributed by atoms with van der Waals surface area (Å²) in [5.74, 6) is 0.707. The molecule has 0 radical (unpaired) electrons. The van der Waals surface area contributed by atoms with Gasteiger partial charge in [-0.25, -0.2) is 4.68 Å². The summed E-state index contributed by atoms with van der Waals surface area (Å²) >= 11 is 0. The molecule has 1 saturated heterocycles. The van der Waals surface area contributed by atoms with Crippen LogP contribution in [-0.4, -0.2) is 71.8 Å². The van der Waals surface area contributed by atoms with Gasteiger partial charge in [0.1, 0.15) is 5.75 Å². The summed E-state index contributed by atoms with van der Waals surface area (Å²) in [4.78, 5) is 31.0. The summed E-state index contributed by atoms with van der Waals surface area (Å²) in [6, 6.07) is 13.2. The van der Waals surface area contributed by atoms with E-state index in [0.29, 0.717) is 35.0 Å². The molecule has 1 aromatic heterocycles. The van der Waals surface area contributed by atoms with Crippen molar-refractivity contribution in [2.75, 3.05) is 46.5 Å². The van der Waals surface area contributed by atoms with Gasteiger partial charge < -0.3 is 9.47 Å². The highest BCUT2D eigenvalue weighted by atomic mass is 16.6. The number of aromatic nitrogens is 2. The zero-order chi connectivity index (χ0) is 24.1. The van der Waals surface area contributed by atoms with Crippen LogP contribution in [0.3, 0.4) is 0 Å². The lowest BCUT2D eigenvalue weighted by Gasteiger charge is -2.25. The molecule has 34 heavy (non-hydrogen) atoms. The Bertz CT molecular complexity index is 1220. The molecule has 1 N–H and O–H groups in total. The molecule has 2 aromatic carbocycles. The molecule has 0 saturated carbocycles. The molecule has 0 spiro atoms. The molecule has 1 fully saturated rings. The number of methoxy groups -OCH3 is 1. The van der Waals surface area contributed by atoms with Gasteiger partial charge in [0, 0.05) is 43.0 Å². The first-order chi connectivity index (χ1) is 16.5. The number of nitro groups is 1. The van der Waals surface area contributed by atoms with Crippen molar-refractivity contribution in [1.29, 1.82) is 0 Å². The number of ether oxygens (including phenoxy) is 2. The molecule has 0 unspecified atom stereocenters. The molecule has 1 aliphatic rings. The van der Waals surface area contributed by atoms with Gasteiger partial charge >= 0.3 is 0 Å². The van der Waals surface area contributed by atoms with E-state index in [9.17, 15) is 14.9 Å². The predicted octanol–water partition coefficient (Wildman–Crippen LogP) is 2.89. The first-order valence-corrected chi connectivity index (χ1v) is 11.0. The lowest BCUT2D eigenvalue weighted by atomic mass is 10.1. The van der Waals surface area contributed by atoms with E-state index in [1.807, 2.05) is 31.2 Å². The van der Waals surface area contributed by atoms with E-state index in [0.717, 1.165) is 38.4 Å². The van der Waals surface area contributed by atoms with Crippen molar-refractivity contribution in [3.05, 3.63) is 74.6 Å². The maximum absolute atomic E-state index is 13.5. The first kappa shape index (κ1) is 23.4. The van der Waals surface area contributed by atoms with Gasteiger partial charge in [0.15, 0.2) is 0 Å². The van der Waals surface area contributed by atoms with Crippen LogP contribution in [0.2, 0.25) is 0 Å². The average Bonchev–Trinajstić information content (AvgIpc) is 3.21. The third kappa shape index (κ3) is 5.08. The van der Waals surface area contributed by atoms with E-state index < -0.39 is 4.92 Å². The molecule has 0 amide bonds. The summed E-state index contributed by atoms with van der Waals surface area (Å²) in [7, 11) is 1.60. The molecular formula is C24H27N5O5. The third-order valence-corrected chi connectivity index (χ3v) is 5.82. The number of nitrogens with one attached hydrogen (secondary N) is 1. The van der Waals surface area contributed by atoms with Crippen molar-refractivity contribution in [2.24, 2.45) is 4.99 Å². The van der Waals surface area contributed by atoms with Crippen LogP contribution in [0.4, 0.5) is 5.69 Å². The van der Waals surface area contributed by atoms with Crippen molar-refractivity contribution in [2.45, 2.75) is 6.92 Å². The van der Waals surface area contributed by atoms with Crippen LogP contribution in [0.1, 0.15) is 12.5 Å². The zero-order valence-electron chi connectivity index (χ0n) is 19.2. The fourth-order valence-corrected chi connectivity index (χ4v) is 3.91. The number of hydrogen-bond donors (Lipinski definition) is 1. The third-order valence-electron chi connectivity index (χ3n) is 5.82. The monoisotopic (exact) mass is 465 g/mol.